The molecule has 0 saturated heterocycles. The third-order valence-electron chi connectivity index (χ3n) is 1.89. The molecule has 0 aliphatic carbocycles. The predicted molar refractivity (Wildman–Crippen MR) is 66.0 cm³/mol. The molecule has 0 bridgehead atoms. The van der Waals surface area contributed by atoms with Gasteiger partial charge in [0.25, 0.3) is 0 Å². The molecule has 0 aromatic heterocycles. The SMILES string of the molecule is C=C(CO)C[C@H](NC(=O)OC(C)(C)C)C(=O)OC. The summed E-state index contributed by atoms with van der Waals surface area (Å²) in [4.78, 5) is 23.0. The maximum absolute atomic E-state index is 11.5. The first-order valence-electron chi connectivity index (χ1n) is 5.54. The van der Waals surface area contributed by atoms with E-state index in [-0.39, 0.29) is 13.0 Å². The second-order valence-electron chi connectivity index (χ2n) is 4.83. The fraction of sp³-hybridized carbons (Fsp3) is 0.667. The van der Waals surface area contributed by atoms with Gasteiger partial charge in [0, 0.05) is 6.42 Å². The highest BCUT2D eigenvalue weighted by molar-refractivity contribution is 5.81. The highest BCUT2D eigenvalue weighted by atomic mass is 16.6. The number of aliphatic hydroxyl groups is 1. The highest BCUT2D eigenvalue weighted by Gasteiger charge is 2.25. The highest BCUT2D eigenvalue weighted by Crippen LogP contribution is 2.09. The first-order valence-corrected chi connectivity index (χ1v) is 5.54. The zero-order chi connectivity index (χ0) is 14.3. The molecule has 0 heterocycles. The molecule has 0 aliphatic rings. The monoisotopic (exact) mass is 259 g/mol. The molecule has 18 heavy (non-hydrogen) atoms. The lowest BCUT2D eigenvalue weighted by Crippen LogP contribution is -2.44. The lowest BCUT2D eigenvalue weighted by Gasteiger charge is -2.22. The van der Waals surface area contributed by atoms with E-state index in [1.54, 1.807) is 20.8 Å². The third kappa shape index (κ3) is 6.90. The van der Waals surface area contributed by atoms with Gasteiger partial charge in [0.1, 0.15) is 11.6 Å². The topological polar surface area (TPSA) is 84.9 Å². The van der Waals surface area contributed by atoms with Crippen molar-refractivity contribution < 1.29 is 24.2 Å². The first-order chi connectivity index (χ1) is 8.19. The Labute approximate surface area is 107 Å². The predicted octanol–water partition coefficient (Wildman–Crippen LogP) is 0.991. The van der Waals surface area contributed by atoms with Gasteiger partial charge in [0.2, 0.25) is 0 Å². The van der Waals surface area contributed by atoms with Crippen molar-refractivity contribution in [3.8, 4) is 0 Å². The van der Waals surface area contributed by atoms with Crippen LogP contribution in [0.2, 0.25) is 0 Å². The summed E-state index contributed by atoms with van der Waals surface area (Å²) in [7, 11) is 1.22. The Morgan fingerprint density at radius 1 is 1.39 bits per heavy atom. The molecule has 0 spiro atoms. The smallest absolute Gasteiger partial charge is 0.408 e. The van der Waals surface area contributed by atoms with E-state index >= 15 is 0 Å². The number of aliphatic hydroxyl groups excluding tert-OH is 1. The van der Waals surface area contributed by atoms with Crippen LogP contribution in [0.3, 0.4) is 0 Å². The number of carbonyl (C=O) groups is 2. The van der Waals surface area contributed by atoms with Crippen molar-refractivity contribution >= 4 is 12.1 Å². The van der Waals surface area contributed by atoms with Crippen LogP contribution < -0.4 is 5.32 Å². The van der Waals surface area contributed by atoms with Crippen molar-refractivity contribution in [2.75, 3.05) is 13.7 Å². The van der Waals surface area contributed by atoms with Crippen molar-refractivity contribution in [1.82, 2.24) is 5.32 Å². The molecule has 2 N–H and O–H groups in total. The van der Waals surface area contributed by atoms with Crippen LogP contribution in [-0.2, 0) is 14.3 Å². The second-order valence-corrected chi connectivity index (χ2v) is 4.83. The Morgan fingerprint density at radius 3 is 2.33 bits per heavy atom. The second kappa shape index (κ2) is 7.00. The molecule has 1 amide bonds. The lowest BCUT2D eigenvalue weighted by atomic mass is 10.1. The van der Waals surface area contributed by atoms with E-state index in [0.29, 0.717) is 5.57 Å². The molecule has 0 aliphatic heterocycles. The molecule has 0 aromatic rings. The molecule has 104 valence electrons. The lowest BCUT2D eigenvalue weighted by molar-refractivity contribution is -0.143. The summed E-state index contributed by atoms with van der Waals surface area (Å²) in [5, 5.41) is 11.2. The fourth-order valence-corrected chi connectivity index (χ4v) is 1.14. The summed E-state index contributed by atoms with van der Waals surface area (Å²) in [5.74, 6) is -0.615. The number of hydrogen-bond donors (Lipinski definition) is 2. The van der Waals surface area contributed by atoms with E-state index in [9.17, 15) is 9.59 Å². The number of nitrogens with one attached hydrogen (secondary N) is 1. The first kappa shape index (κ1) is 16.4. The Hall–Kier alpha value is -1.56. The van der Waals surface area contributed by atoms with E-state index in [0.717, 1.165) is 0 Å². The quantitative estimate of drug-likeness (QED) is 0.568. The average molecular weight is 259 g/mol. The molecule has 1 atom stereocenters. The van der Waals surface area contributed by atoms with Gasteiger partial charge in [-0.3, -0.25) is 0 Å². The number of carbonyl (C=O) groups excluding carboxylic acids is 2. The van der Waals surface area contributed by atoms with Crippen LogP contribution in [0.4, 0.5) is 4.79 Å². The summed E-state index contributed by atoms with van der Waals surface area (Å²) < 4.78 is 9.58. The molecule has 6 heteroatoms. The van der Waals surface area contributed by atoms with Gasteiger partial charge in [-0.25, -0.2) is 9.59 Å². The summed E-state index contributed by atoms with van der Waals surface area (Å²) in [6, 6.07) is -0.913. The maximum atomic E-state index is 11.5. The van der Waals surface area contributed by atoms with Crippen molar-refractivity contribution in [3.05, 3.63) is 12.2 Å². The van der Waals surface area contributed by atoms with Gasteiger partial charge >= 0.3 is 12.1 Å². The molecule has 0 rings (SSSR count). The fourth-order valence-electron chi connectivity index (χ4n) is 1.14. The Kier molecular flexibility index (Phi) is 6.40. The van der Waals surface area contributed by atoms with Crippen LogP contribution in [0.25, 0.3) is 0 Å². The van der Waals surface area contributed by atoms with Gasteiger partial charge in [-0.05, 0) is 26.3 Å². The van der Waals surface area contributed by atoms with Crippen molar-refractivity contribution in [2.24, 2.45) is 0 Å². The summed E-state index contributed by atoms with van der Waals surface area (Å²) >= 11 is 0. The number of amides is 1. The van der Waals surface area contributed by atoms with E-state index < -0.39 is 23.7 Å². The van der Waals surface area contributed by atoms with Crippen molar-refractivity contribution in [3.63, 3.8) is 0 Å². The normalized spacial score (nSPS) is 12.5. The van der Waals surface area contributed by atoms with Gasteiger partial charge in [-0.1, -0.05) is 6.58 Å². The number of ether oxygens (including phenoxy) is 2. The van der Waals surface area contributed by atoms with Gasteiger partial charge in [-0.2, -0.15) is 0 Å². The summed E-state index contributed by atoms with van der Waals surface area (Å²) in [5.41, 5.74) is -0.236. The van der Waals surface area contributed by atoms with Crippen molar-refractivity contribution in [2.45, 2.75) is 38.8 Å². The van der Waals surface area contributed by atoms with E-state index in [2.05, 4.69) is 16.6 Å². The van der Waals surface area contributed by atoms with Gasteiger partial charge in [-0.15, -0.1) is 0 Å². The van der Waals surface area contributed by atoms with E-state index in [4.69, 9.17) is 9.84 Å². The molecule has 6 nitrogen and oxygen atoms in total. The minimum absolute atomic E-state index is 0.0996. The molecule has 0 aromatic carbocycles. The maximum Gasteiger partial charge on any atom is 0.408 e. The van der Waals surface area contributed by atoms with Gasteiger partial charge < -0.3 is 19.9 Å². The zero-order valence-corrected chi connectivity index (χ0v) is 11.3. The van der Waals surface area contributed by atoms with E-state index in [1.807, 2.05) is 0 Å². The molecule has 0 fully saturated rings. The summed E-state index contributed by atoms with van der Waals surface area (Å²) in [6.45, 7) is 8.45. The molecular formula is C12H21NO5. The van der Waals surface area contributed by atoms with Gasteiger partial charge in [0.05, 0.1) is 13.7 Å². The largest absolute Gasteiger partial charge is 0.467 e. The Morgan fingerprint density at radius 2 is 1.94 bits per heavy atom. The van der Waals surface area contributed by atoms with Crippen LogP contribution in [0.5, 0.6) is 0 Å². The summed E-state index contributed by atoms with van der Waals surface area (Å²) in [6.07, 6.45) is -0.619. The Balaban J connectivity index is 4.55. The Bertz CT molecular complexity index is 319. The number of esters is 1. The number of hydrogen-bond acceptors (Lipinski definition) is 5. The standard InChI is InChI=1S/C12H21NO5/c1-8(7-14)6-9(10(15)17-5)13-11(16)18-12(2,3)4/h9,14H,1,6-7H2,2-5H3,(H,13,16)/t9-/m0/s1. The molecular weight excluding hydrogens is 238 g/mol. The average Bonchev–Trinajstić information content (AvgIpc) is 2.24. The molecule has 0 saturated carbocycles. The van der Waals surface area contributed by atoms with Crippen LogP contribution in [0.1, 0.15) is 27.2 Å². The van der Waals surface area contributed by atoms with Crippen LogP contribution >= 0.6 is 0 Å². The van der Waals surface area contributed by atoms with Crippen LogP contribution in [-0.4, -0.2) is 42.5 Å². The van der Waals surface area contributed by atoms with Crippen LogP contribution in [0, 0.1) is 0 Å². The number of alkyl carbamates (subject to hydrolysis) is 1. The van der Waals surface area contributed by atoms with Crippen molar-refractivity contribution in [1.29, 1.82) is 0 Å². The molecule has 0 unspecified atom stereocenters. The minimum atomic E-state index is -0.913. The number of rotatable bonds is 5. The number of methoxy groups -OCH3 is 1. The zero-order valence-electron chi connectivity index (χ0n) is 11.3. The van der Waals surface area contributed by atoms with Crippen LogP contribution in [0.15, 0.2) is 12.2 Å². The van der Waals surface area contributed by atoms with Gasteiger partial charge in [0.15, 0.2) is 0 Å². The molecule has 0 radical (unpaired) electrons. The third-order valence-corrected chi connectivity index (χ3v) is 1.89. The minimum Gasteiger partial charge on any atom is -0.467 e. The van der Waals surface area contributed by atoms with E-state index in [1.165, 1.54) is 7.11 Å².